The molecule has 8 heteroatoms. The standard InChI is InChI=1S/C6H8N4O4/c7-5(6(11)14-10(12)13)1-4-2-8-3-9-4/h2-3,5H,1,7H2,(H,8,9)/t5-/m0/s1. The zero-order valence-corrected chi connectivity index (χ0v) is 7.04. The van der Waals surface area contributed by atoms with E-state index >= 15 is 0 Å². The van der Waals surface area contributed by atoms with Gasteiger partial charge in [-0.25, -0.2) is 9.82 Å². The Balaban J connectivity index is 2.46. The van der Waals surface area contributed by atoms with E-state index in [0.717, 1.165) is 0 Å². The number of imidazole rings is 1. The quantitative estimate of drug-likeness (QED) is 0.475. The van der Waals surface area contributed by atoms with E-state index in [0.29, 0.717) is 5.69 Å². The highest BCUT2D eigenvalue weighted by Crippen LogP contribution is 1.97. The summed E-state index contributed by atoms with van der Waals surface area (Å²) in [7, 11) is 0. The van der Waals surface area contributed by atoms with Crippen LogP contribution in [0.25, 0.3) is 0 Å². The van der Waals surface area contributed by atoms with Crippen LogP contribution in [0.5, 0.6) is 0 Å². The molecule has 1 aromatic rings. The number of nitrogens with one attached hydrogen (secondary N) is 1. The topological polar surface area (TPSA) is 124 Å². The lowest BCUT2D eigenvalue weighted by atomic mass is 10.2. The molecule has 76 valence electrons. The summed E-state index contributed by atoms with van der Waals surface area (Å²) in [5, 5.41) is 8.62. The number of hydrogen-bond acceptors (Lipinski definition) is 6. The molecule has 0 fully saturated rings. The van der Waals surface area contributed by atoms with E-state index in [1.165, 1.54) is 12.5 Å². The second-order valence-electron chi connectivity index (χ2n) is 2.52. The minimum Gasteiger partial charge on any atom is -0.348 e. The van der Waals surface area contributed by atoms with Crippen molar-refractivity contribution in [3.8, 4) is 0 Å². The summed E-state index contributed by atoms with van der Waals surface area (Å²) in [5.41, 5.74) is 5.94. The first kappa shape index (κ1) is 10.1. The zero-order chi connectivity index (χ0) is 10.6. The molecule has 0 saturated carbocycles. The molecule has 0 spiro atoms. The minimum atomic E-state index is -1.19. The Morgan fingerprint density at radius 1 is 1.86 bits per heavy atom. The Hall–Kier alpha value is -1.96. The Morgan fingerprint density at radius 3 is 3.07 bits per heavy atom. The maximum Gasteiger partial charge on any atom is 0.320 e. The average Bonchev–Trinajstić information content (AvgIpc) is 2.55. The van der Waals surface area contributed by atoms with E-state index in [-0.39, 0.29) is 6.42 Å². The summed E-state index contributed by atoms with van der Waals surface area (Å²) in [6.07, 6.45) is 3.01. The number of aromatic nitrogens is 2. The van der Waals surface area contributed by atoms with Crippen molar-refractivity contribution in [3.05, 3.63) is 28.3 Å². The number of nitrogens with zero attached hydrogens (tertiary/aromatic N) is 2. The maximum atomic E-state index is 10.9. The van der Waals surface area contributed by atoms with Crippen LogP contribution in [-0.2, 0) is 16.1 Å². The van der Waals surface area contributed by atoms with Gasteiger partial charge in [-0.05, 0) is 0 Å². The predicted molar refractivity (Wildman–Crippen MR) is 43.4 cm³/mol. The van der Waals surface area contributed by atoms with Gasteiger partial charge in [-0.3, -0.25) is 4.79 Å². The van der Waals surface area contributed by atoms with Crippen molar-refractivity contribution in [1.29, 1.82) is 0 Å². The Kier molecular flexibility index (Phi) is 3.13. The number of H-pyrrole nitrogens is 1. The molecule has 0 bridgehead atoms. The molecule has 1 rings (SSSR count). The monoisotopic (exact) mass is 200 g/mol. The third-order valence-corrected chi connectivity index (χ3v) is 1.46. The molecule has 0 aliphatic rings. The van der Waals surface area contributed by atoms with Crippen molar-refractivity contribution in [2.24, 2.45) is 5.73 Å². The second kappa shape index (κ2) is 4.33. The lowest BCUT2D eigenvalue weighted by Crippen LogP contribution is -2.35. The summed E-state index contributed by atoms with van der Waals surface area (Å²) >= 11 is 0. The maximum absolute atomic E-state index is 10.9. The van der Waals surface area contributed by atoms with E-state index in [2.05, 4.69) is 14.8 Å². The van der Waals surface area contributed by atoms with E-state index in [4.69, 9.17) is 5.73 Å². The number of nitrogens with two attached hydrogens (primary N) is 1. The third kappa shape index (κ3) is 2.83. The van der Waals surface area contributed by atoms with Crippen LogP contribution in [0.2, 0.25) is 0 Å². The lowest BCUT2D eigenvalue weighted by molar-refractivity contribution is -0.729. The van der Waals surface area contributed by atoms with Gasteiger partial charge in [-0.2, -0.15) is 0 Å². The highest BCUT2D eigenvalue weighted by molar-refractivity contribution is 5.75. The number of hydrogen-bond donors (Lipinski definition) is 2. The van der Waals surface area contributed by atoms with Gasteiger partial charge in [0.25, 0.3) is 0 Å². The van der Waals surface area contributed by atoms with Crippen LogP contribution in [-0.4, -0.2) is 27.1 Å². The molecule has 0 aliphatic carbocycles. The van der Waals surface area contributed by atoms with Crippen LogP contribution in [0, 0.1) is 10.1 Å². The van der Waals surface area contributed by atoms with Gasteiger partial charge in [0.1, 0.15) is 0 Å². The van der Waals surface area contributed by atoms with Crippen LogP contribution in [0.15, 0.2) is 12.5 Å². The van der Waals surface area contributed by atoms with Gasteiger partial charge in [0, 0.05) is 18.3 Å². The molecule has 0 aliphatic heterocycles. The number of carbonyl (C=O) groups is 1. The summed E-state index contributed by atoms with van der Waals surface area (Å²) in [6, 6.07) is -1.07. The van der Waals surface area contributed by atoms with Gasteiger partial charge < -0.3 is 10.7 Å². The van der Waals surface area contributed by atoms with Crippen molar-refractivity contribution in [2.45, 2.75) is 12.5 Å². The van der Waals surface area contributed by atoms with Crippen LogP contribution in [0.1, 0.15) is 5.69 Å². The zero-order valence-electron chi connectivity index (χ0n) is 7.04. The fourth-order valence-corrected chi connectivity index (χ4v) is 0.858. The number of rotatable bonds is 4. The normalized spacial score (nSPS) is 12.1. The first-order valence-electron chi connectivity index (χ1n) is 3.68. The second-order valence-corrected chi connectivity index (χ2v) is 2.52. The molecular formula is C6H8N4O4. The van der Waals surface area contributed by atoms with Crippen LogP contribution in [0.4, 0.5) is 0 Å². The third-order valence-electron chi connectivity index (χ3n) is 1.46. The Morgan fingerprint density at radius 2 is 2.57 bits per heavy atom. The molecule has 0 unspecified atom stereocenters. The summed E-state index contributed by atoms with van der Waals surface area (Å²) < 4.78 is 0. The average molecular weight is 200 g/mol. The SMILES string of the molecule is N[C@@H](Cc1cnc[nH]1)C(=O)O[N+](=O)[O-]. The van der Waals surface area contributed by atoms with Crippen molar-refractivity contribution in [1.82, 2.24) is 9.97 Å². The van der Waals surface area contributed by atoms with Crippen molar-refractivity contribution >= 4 is 5.97 Å². The van der Waals surface area contributed by atoms with E-state index in [1.54, 1.807) is 0 Å². The van der Waals surface area contributed by atoms with Gasteiger partial charge in [0.15, 0.2) is 0 Å². The van der Waals surface area contributed by atoms with Crippen molar-refractivity contribution < 1.29 is 14.7 Å². The Labute approximate surface area is 78.2 Å². The van der Waals surface area contributed by atoms with Crippen LogP contribution < -0.4 is 5.73 Å². The first-order valence-corrected chi connectivity index (χ1v) is 3.68. The molecule has 0 aromatic carbocycles. The highest BCUT2D eigenvalue weighted by Gasteiger charge is 2.18. The van der Waals surface area contributed by atoms with Gasteiger partial charge in [-0.1, -0.05) is 0 Å². The molecule has 14 heavy (non-hydrogen) atoms. The summed E-state index contributed by atoms with van der Waals surface area (Å²) in [5.74, 6) is -1.08. The number of aromatic amines is 1. The Bertz CT molecular complexity index is 323. The summed E-state index contributed by atoms with van der Waals surface area (Å²) in [4.78, 5) is 30.8. The molecule has 1 atom stereocenters. The molecule has 0 radical (unpaired) electrons. The molecule has 0 saturated heterocycles. The minimum absolute atomic E-state index is 0.118. The van der Waals surface area contributed by atoms with Gasteiger partial charge in [-0.15, -0.1) is 10.1 Å². The van der Waals surface area contributed by atoms with E-state index in [9.17, 15) is 14.9 Å². The molecule has 1 heterocycles. The molecule has 0 amide bonds. The van der Waals surface area contributed by atoms with E-state index < -0.39 is 17.1 Å². The lowest BCUT2D eigenvalue weighted by Gasteiger charge is -2.05. The fourth-order valence-electron chi connectivity index (χ4n) is 0.858. The van der Waals surface area contributed by atoms with Gasteiger partial charge >= 0.3 is 11.1 Å². The highest BCUT2D eigenvalue weighted by atomic mass is 17.0. The first-order chi connectivity index (χ1) is 6.59. The van der Waals surface area contributed by atoms with Crippen molar-refractivity contribution in [3.63, 3.8) is 0 Å². The van der Waals surface area contributed by atoms with E-state index in [1.807, 2.05) is 0 Å². The van der Waals surface area contributed by atoms with Crippen LogP contribution >= 0.6 is 0 Å². The predicted octanol–water partition coefficient (Wildman–Crippen LogP) is -0.986. The number of carbonyl (C=O) groups excluding carboxylic acids is 1. The molecule has 1 aromatic heterocycles. The molecular weight excluding hydrogens is 192 g/mol. The van der Waals surface area contributed by atoms with Crippen LogP contribution in [0.3, 0.4) is 0 Å². The largest absolute Gasteiger partial charge is 0.348 e. The molecule has 3 N–H and O–H groups in total. The molecule has 8 nitrogen and oxygen atoms in total. The summed E-state index contributed by atoms with van der Waals surface area (Å²) in [6.45, 7) is 0. The smallest absolute Gasteiger partial charge is 0.320 e. The van der Waals surface area contributed by atoms with Gasteiger partial charge in [0.05, 0.1) is 12.4 Å². The fraction of sp³-hybridized carbons (Fsp3) is 0.333. The van der Waals surface area contributed by atoms with Gasteiger partial charge in [0.2, 0.25) is 0 Å². The van der Waals surface area contributed by atoms with Crippen molar-refractivity contribution in [2.75, 3.05) is 0 Å².